The fourth-order valence-corrected chi connectivity index (χ4v) is 1.97. The first-order valence-electron chi connectivity index (χ1n) is 5.23. The second kappa shape index (κ2) is 4.08. The highest BCUT2D eigenvalue weighted by atomic mass is 35.5. The molecule has 1 fully saturated rings. The maximum atomic E-state index is 10.6. The molecular formula is C11H14ClN3O. The third kappa shape index (κ3) is 2.06. The molecule has 1 atom stereocenters. The number of aromatic nitrogens is 3. The number of nitrogens with zero attached hydrogens (tertiary/aromatic N) is 3. The molecule has 0 aromatic carbocycles. The number of alkyl halides is 1. The standard InChI is InChI=1S/C11H14ClN3O/c1-2-3-4-11(16,10(12)5-6-10)7-15-9-13-8-14-15/h8-9,16H,4-7H2,1H3. The Morgan fingerprint density at radius 3 is 2.88 bits per heavy atom. The molecule has 1 saturated carbocycles. The third-order valence-electron chi connectivity index (χ3n) is 2.97. The first kappa shape index (κ1) is 11.4. The van der Waals surface area contributed by atoms with Crippen molar-refractivity contribution in [1.82, 2.24) is 14.8 Å². The molecule has 1 unspecified atom stereocenters. The van der Waals surface area contributed by atoms with E-state index >= 15 is 0 Å². The molecule has 1 aliphatic carbocycles. The van der Waals surface area contributed by atoms with E-state index < -0.39 is 10.5 Å². The maximum absolute atomic E-state index is 10.6. The number of halogens is 1. The largest absolute Gasteiger partial charge is 0.385 e. The van der Waals surface area contributed by atoms with Crippen molar-refractivity contribution >= 4 is 11.6 Å². The summed E-state index contributed by atoms with van der Waals surface area (Å²) >= 11 is 6.32. The average Bonchev–Trinajstić information content (AvgIpc) is 2.82. The minimum atomic E-state index is -1.02. The van der Waals surface area contributed by atoms with E-state index in [1.54, 1.807) is 17.9 Å². The van der Waals surface area contributed by atoms with Crippen LogP contribution >= 0.6 is 11.6 Å². The molecule has 1 aliphatic rings. The number of rotatable bonds is 4. The van der Waals surface area contributed by atoms with Gasteiger partial charge in [0.05, 0.1) is 11.4 Å². The van der Waals surface area contributed by atoms with E-state index in [0.717, 1.165) is 12.8 Å². The molecule has 0 bridgehead atoms. The summed E-state index contributed by atoms with van der Waals surface area (Å²) in [5.41, 5.74) is -1.02. The van der Waals surface area contributed by atoms with Crippen LogP contribution < -0.4 is 0 Å². The van der Waals surface area contributed by atoms with Gasteiger partial charge in [0.25, 0.3) is 0 Å². The molecule has 86 valence electrons. The number of hydrogen-bond acceptors (Lipinski definition) is 3. The quantitative estimate of drug-likeness (QED) is 0.635. The summed E-state index contributed by atoms with van der Waals surface area (Å²) in [6, 6.07) is 0. The van der Waals surface area contributed by atoms with E-state index in [1.807, 2.05) is 0 Å². The Morgan fingerprint density at radius 2 is 2.38 bits per heavy atom. The summed E-state index contributed by atoms with van der Waals surface area (Å²) in [7, 11) is 0. The molecule has 0 radical (unpaired) electrons. The number of hydrogen-bond donors (Lipinski definition) is 1. The van der Waals surface area contributed by atoms with Crippen LogP contribution in [0.1, 0.15) is 26.2 Å². The fourth-order valence-electron chi connectivity index (χ4n) is 1.75. The lowest BCUT2D eigenvalue weighted by Gasteiger charge is -2.30. The second-order valence-corrected chi connectivity index (χ2v) is 4.92. The predicted octanol–water partition coefficient (Wildman–Crippen LogP) is 1.19. The summed E-state index contributed by atoms with van der Waals surface area (Å²) in [4.78, 5) is 3.31. The van der Waals surface area contributed by atoms with Gasteiger partial charge in [-0.3, -0.25) is 0 Å². The topological polar surface area (TPSA) is 50.9 Å². The molecule has 5 heteroatoms. The van der Waals surface area contributed by atoms with Crippen LogP contribution in [-0.4, -0.2) is 30.3 Å². The van der Waals surface area contributed by atoms with E-state index in [-0.39, 0.29) is 0 Å². The highest BCUT2D eigenvalue weighted by Gasteiger charge is 2.57. The molecule has 0 amide bonds. The minimum absolute atomic E-state index is 0.338. The van der Waals surface area contributed by atoms with Crippen LogP contribution in [0.25, 0.3) is 0 Å². The van der Waals surface area contributed by atoms with Crippen molar-refractivity contribution in [2.24, 2.45) is 0 Å². The smallest absolute Gasteiger partial charge is 0.137 e. The van der Waals surface area contributed by atoms with Gasteiger partial charge in [-0.2, -0.15) is 5.10 Å². The van der Waals surface area contributed by atoms with Crippen molar-refractivity contribution in [2.75, 3.05) is 0 Å². The van der Waals surface area contributed by atoms with Crippen LogP contribution in [0.3, 0.4) is 0 Å². The molecule has 1 heterocycles. The van der Waals surface area contributed by atoms with Gasteiger partial charge in [-0.05, 0) is 19.8 Å². The van der Waals surface area contributed by atoms with Gasteiger partial charge in [0.1, 0.15) is 18.3 Å². The average molecular weight is 240 g/mol. The number of aliphatic hydroxyl groups is 1. The maximum Gasteiger partial charge on any atom is 0.137 e. The van der Waals surface area contributed by atoms with Gasteiger partial charge in [0, 0.05) is 6.42 Å². The Hall–Kier alpha value is -1.05. The summed E-state index contributed by atoms with van der Waals surface area (Å²) in [5.74, 6) is 5.69. The molecule has 0 saturated heterocycles. The summed E-state index contributed by atoms with van der Waals surface area (Å²) in [5, 5.41) is 14.6. The van der Waals surface area contributed by atoms with Crippen molar-refractivity contribution in [2.45, 2.75) is 43.2 Å². The van der Waals surface area contributed by atoms with Crippen molar-refractivity contribution in [3.05, 3.63) is 12.7 Å². The van der Waals surface area contributed by atoms with Crippen LogP contribution in [0.15, 0.2) is 12.7 Å². The predicted molar refractivity (Wildman–Crippen MR) is 60.9 cm³/mol. The van der Waals surface area contributed by atoms with Gasteiger partial charge >= 0.3 is 0 Å². The van der Waals surface area contributed by atoms with Gasteiger partial charge in [0.2, 0.25) is 0 Å². The highest BCUT2D eigenvalue weighted by molar-refractivity contribution is 6.26. The fraction of sp³-hybridized carbons (Fsp3) is 0.636. The first-order chi connectivity index (χ1) is 7.60. The van der Waals surface area contributed by atoms with Gasteiger partial charge < -0.3 is 5.11 Å². The van der Waals surface area contributed by atoms with Crippen LogP contribution in [0.2, 0.25) is 0 Å². The SMILES string of the molecule is CC#CCC(O)(Cn1cncn1)C1(Cl)CC1. The molecule has 1 aromatic heterocycles. The third-order valence-corrected chi connectivity index (χ3v) is 3.70. The summed E-state index contributed by atoms with van der Waals surface area (Å²) < 4.78 is 1.60. The zero-order valence-corrected chi connectivity index (χ0v) is 9.91. The van der Waals surface area contributed by atoms with Crippen molar-refractivity contribution in [3.8, 4) is 11.8 Å². The Balaban J connectivity index is 2.16. The Labute approximate surface area is 99.6 Å². The van der Waals surface area contributed by atoms with E-state index in [1.165, 1.54) is 6.33 Å². The second-order valence-electron chi connectivity index (χ2n) is 4.19. The lowest BCUT2D eigenvalue weighted by Crippen LogP contribution is -2.44. The Bertz CT molecular complexity index is 416. The molecular weight excluding hydrogens is 226 g/mol. The first-order valence-corrected chi connectivity index (χ1v) is 5.61. The molecule has 2 rings (SSSR count). The highest BCUT2D eigenvalue weighted by Crippen LogP contribution is 2.52. The van der Waals surface area contributed by atoms with Crippen LogP contribution in [0.5, 0.6) is 0 Å². The lowest BCUT2D eigenvalue weighted by atomic mass is 9.93. The van der Waals surface area contributed by atoms with Gasteiger partial charge in [-0.25, -0.2) is 9.67 Å². The Morgan fingerprint density at radius 1 is 1.62 bits per heavy atom. The molecule has 0 aliphatic heterocycles. The van der Waals surface area contributed by atoms with Gasteiger partial charge in [0.15, 0.2) is 0 Å². The zero-order valence-electron chi connectivity index (χ0n) is 9.15. The van der Waals surface area contributed by atoms with E-state index in [2.05, 4.69) is 21.9 Å². The van der Waals surface area contributed by atoms with Crippen LogP contribution in [-0.2, 0) is 6.54 Å². The zero-order chi connectivity index (χ0) is 11.6. The van der Waals surface area contributed by atoms with Crippen molar-refractivity contribution < 1.29 is 5.11 Å². The molecule has 1 aromatic rings. The minimum Gasteiger partial charge on any atom is -0.385 e. The van der Waals surface area contributed by atoms with E-state index in [0.29, 0.717) is 13.0 Å². The van der Waals surface area contributed by atoms with E-state index in [9.17, 15) is 5.11 Å². The summed E-state index contributed by atoms with van der Waals surface area (Å²) in [6.45, 7) is 2.09. The molecule has 16 heavy (non-hydrogen) atoms. The lowest BCUT2D eigenvalue weighted by molar-refractivity contribution is 0.0122. The monoisotopic (exact) mass is 239 g/mol. The van der Waals surface area contributed by atoms with Gasteiger partial charge in [-0.15, -0.1) is 23.4 Å². The Kier molecular flexibility index (Phi) is 2.92. The van der Waals surface area contributed by atoms with Gasteiger partial charge in [-0.1, -0.05) is 0 Å². The summed E-state index contributed by atoms with van der Waals surface area (Å²) in [6.07, 6.45) is 5.04. The van der Waals surface area contributed by atoms with Crippen molar-refractivity contribution in [3.63, 3.8) is 0 Å². The van der Waals surface area contributed by atoms with Crippen LogP contribution in [0, 0.1) is 11.8 Å². The molecule has 4 nitrogen and oxygen atoms in total. The molecule has 0 spiro atoms. The molecule has 1 N–H and O–H groups in total. The van der Waals surface area contributed by atoms with Crippen molar-refractivity contribution in [1.29, 1.82) is 0 Å². The van der Waals surface area contributed by atoms with E-state index in [4.69, 9.17) is 11.6 Å². The normalized spacial score (nSPS) is 20.7. The van der Waals surface area contributed by atoms with Crippen LogP contribution in [0.4, 0.5) is 0 Å².